The lowest BCUT2D eigenvalue weighted by Gasteiger charge is -2.14. The first kappa shape index (κ1) is 18.0. The minimum Gasteiger partial charge on any atom is -0.497 e. The largest absolute Gasteiger partial charge is 0.497 e. The van der Waals surface area contributed by atoms with Gasteiger partial charge in [0.05, 0.1) is 12.6 Å². The van der Waals surface area contributed by atoms with Crippen molar-refractivity contribution < 1.29 is 9.53 Å². The van der Waals surface area contributed by atoms with E-state index in [1.54, 1.807) is 49.7 Å². The van der Waals surface area contributed by atoms with Crippen LogP contribution in [-0.2, 0) is 6.54 Å². The third-order valence-electron chi connectivity index (χ3n) is 4.34. The van der Waals surface area contributed by atoms with Crippen molar-refractivity contribution in [2.75, 3.05) is 12.4 Å². The summed E-state index contributed by atoms with van der Waals surface area (Å²) in [4.78, 5) is 25.6. The molecule has 5 nitrogen and oxygen atoms in total. The van der Waals surface area contributed by atoms with E-state index in [9.17, 15) is 9.59 Å². The van der Waals surface area contributed by atoms with Crippen LogP contribution < -0.4 is 15.5 Å². The van der Waals surface area contributed by atoms with E-state index in [4.69, 9.17) is 16.3 Å². The monoisotopic (exact) mass is 370 g/mol. The van der Waals surface area contributed by atoms with Crippen molar-refractivity contribution in [1.29, 1.82) is 0 Å². The zero-order valence-corrected chi connectivity index (χ0v) is 15.6. The van der Waals surface area contributed by atoms with Crippen molar-refractivity contribution >= 4 is 34.1 Å². The lowest BCUT2D eigenvalue weighted by atomic mass is 10.1. The Hall–Kier alpha value is -2.79. The highest BCUT2D eigenvalue weighted by Gasteiger charge is 2.17. The van der Waals surface area contributed by atoms with Crippen LogP contribution in [-0.4, -0.2) is 17.6 Å². The third kappa shape index (κ3) is 3.18. The number of hydrogen-bond donors (Lipinski definition) is 1. The Morgan fingerprint density at radius 3 is 2.73 bits per heavy atom. The molecule has 1 amide bonds. The Labute approximate surface area is 156 Å². The number of benzene rings is 2. The number of amides is 1. The van der Waals surface area contributed by atoms with Crippen LogP contribution in [0.5, 0.6) is 5.75 Å². The molecule has 0 spiro atoms. The Morgan fingerprint density at radius 1 is 1.27 bits per heavy atom. The van der Waals surface area contributed by atoms with Crippen LogP contribution in [0, 0.1) is 6.92 Å². The Morgan fingerprint density at radius 2 is 2.04 bits per heavy atom. The summed E-state index contributed by atoms with van der Waals surface area (Å²) in [5.41, 5.74) is 1.91. The van der Waals surface area contributed by atoms with Crippen molar-refractivity contribution in [3.63, 3.8) is 0 Å². The molecule has 0 saturated heterocycles. The number of rotatable bonds is 4. The number of aromatic nitrogens is 1. The van der Waals surface area contributed by atoms with Crippen LogP contribution in [0.15, 0.2) is 47.4 Å². The fourth-order valence-corrected chi connectivity index (χ4v) is 3.12. The molecule has 0 atom stereocenters. The van der Waals surface area contributed by atoms with Crippen molar-refractivity contribution in [3.8, 4) is 5.75 Å². The van der Waals surface area contributed by atoms with Gasteiger partial charge in [0, 0.05) is 34.9 Å². The number of fused-ring (bicyclic) bond motifs is 1. The second-order valence-corrected chi connectivity index (χ2v) is 6.32. The molecule has 134 valence electrons. The van der Waals surface area contributed by atoms with Gasteiger partial charge < -0.3 is 14.6 Å². The second kappa shape index (κ2) is 7.22. The lowest BCUT2D eigenvalue weighted by Crippen LogP contribution is -2.24. The fraction of sp³-hybridized carbons (Fsp3) is 0.200. The molecule has 0 radical (unpaired) electrons. The van der Waals surface area contributed by atoms with Crippen LogP contribution >= 0.6 is 11.6 Å². The number of nitrogens with one attached hydrogen (secondary N) is 1. The topological polar surface area (TPSA) is 60.3 Å². The molecule has 1 heterocycles. The fourth-order valence-electron chi connectivity index (χ4n) is 2.96. The van der Waals surface area contributed by atoms with Gasteiger partial charge in [-0.25, -0.2) is 0 Å². The van der Waals surface area contributed by atoms with Crippen molar-refractivity contribution in [2.24, 2.45) is 0 Å². The average Bonchev–Trinajstić information content (AvgIpc) is 2.65. The molecule has 0 unspecified atom stereocenters. The van der Waals surface area contributed by atoms with Gasteiger partial charge in [0.15, 0.2) is 0 Å². The van der Waals surface area contributed by atoms with E-state index in [1.807, 2.05) is 18.4 Å². The van der Waals surface area contributed by atoms with E-state index >= 15 is 0 Å². The van der Waals surface area contributed by atoms with Crippen LogP contribution in [0.2, 0.25) is 5.02 Å². The maximum Gasteiger partial charge on any atom is 0.261 e. The van der Waals surface area contributed by atoms with Crippen molar-refractivity contribution in [2.45, 2.75) is 20.4 Å². The van der Waals surface area contributed by atoms with E-state index in [1.165, 1.54) is 0 Å². The Kier molecular flexibility index (Phi) is 5.00. The normalized spacial score (nSPS) is 10.8. The molecule has 3 aromatic rings. The van der Waals surface area contributed by atoms with Gasteiger partial charge in [0.2, 0.25) is 5.43 Å². The molecule has 0 aliphatic rings. The summed E-state index contributed by atoms with van der Waals surface area (Å²) < 4.78 is 7.03. The zero-order valence-electron chi connectivity index (χ0n) is 14.8. The van der Waals surface area contributed by atoms with Gasteiger partial charge in [-0.3, -0.25) is 9.59 Å². The molecular formula is C20H19ClN2O3. The predicted molar refractivity (Wildman–Crippen MR) is 105 cm³/mol. The van der Waals surface area contributed by atoms with E-state index in [0.717, 1.165) is 11.1 Å². The number of halogens is 1. The molecule has 1 aromatic heterocycles. The Balaban J connectivity index is 2.10. The average molecular weight is 371 g/mol. The van der Waals surface area contributed by atoms with Gasteiger partial charge in [-0.05, 0) is 43.7 Å². The highest BCUT2D eigenvalue weighted by molar-refractivity contribution is 6.32. The van der Waals surface area contributed by atoms with Crippen LogP contribution in [0.4, 0.5) is 5.69 Å². The van der Waals surface area contributed by atoms with Gasteiger partial charge in [0.1, 0.15) is 11.3 Å². The summed E-state index contributed by atoms with van der Waals surface area (Å²) in [6.45, 7) is 4.43. The number of pyridine rings is 1. The number of anilines is 1. The SMILES string of the molecule is CCn1cc(C(=O)Nc2cccc(OC)c2)c(=O)c2ccc(Cl)c(C)c21. The number of ether oxygens (including phenoxy) is 1. The van der Waals surface area contributed by atoms with Gasteiger partial charge in [-0.2, -0.15) is 0 Å². The van der Waals surface area contributed by atoms with E-state index in [0.29, 0.717) is 28.4 Å². The lowest BCUT2D eigenvalue weighted by molar-refractivity contribution is 0.102. The molecule has 0 bridgehead atoms. The quantitative estimate of drug-likeness (QED) is 0.747. The molecule has 0 aliphatic heterocycles. The summed E-state index contributed by atoms with van der Waals surface area (Å²) in [5.74, 6) is 0.164. The zero-order chi connectivity index (χ0) is 18.8. The van der Waals surface area contributed by atoms with Crippen LogP contribution in [0.25, 0.3) is 10.9 Å². The molecule has 6 heteroatoms. The number of nitrogens with zero attached hydrogens (tertiary/aromatic N) is 1. The van der Waals surface area contributed by atoms with Gasteiger partial charge in [-0.15, -0.1) is 0 Å². The van der Waals surface area contributed by atoms with E-state index in [2.05, 4.69) is 5.32 Å². The summed E-state index contributed by atoms with van der Waals surface area (Å²) in [7, 11) is 1.55. The first-order chi connectivity index (χ1) is 12.5. The maximum absolute atomic E-state index is 12.9. The van der Waals surface area contributed by atoms with Crippen molar-refractivity contribution in [3.05, 3.63) is 69.0 Å². The van der Waals surface area contributed by atoms with Crippen LogP contribution in [0.3, 0.4) is 0 Å². The predicted octanol–water partition coefficient (Wildman–Crippen LogP) is 4.24. The standard InChI is InChI=1S/C20H19ClN2O3/c1-4-23-11-16(19(24)15-8-9-17(21)12(2)18(15)23)20(25)22-13-6-5-7-14(10-13)26-3/h5-11H,4H2,1-3H3,(H,22,25). The summed E-state index contributed by atoms with van der Waals surface area (Å²) in [5, 5.41) is 3.83. The van der Waals surface area contributed by atoms with Gasteiger partial charge in [-0.1, -0.05) is 17.7 Å². The van der Waals surface area contributed by atoms with E-state index < -0.39 is 5.91 Å². The molecule has 0 saturated carbocycles. The molecule has 3 rings (SSSR count). The van der Waals surface area contributed by atoms with Crippen molar-refractivity contribution in [1.82, 2.24) is 4.57 Å². The molecule has 2 aromatic carbocycles. The number of carbonyl (C=O) groups excluding carboxylic acids is 1. The first-order valence-electron chi connectivity index (χ1n) is 8.24. The highest BCUT2D eigenvalue weighted by Crippen LogP contribution is 2.24. The molecule has 26 heavy (non-hydrogen) atoms. The minimum atomic E-state index is -0.458. The van der Waals surface area contributed by atoms with Gasteiger partial charge >= 0.3 is 0 Å². The smallest absolute Gasteiger partial charge is 0.261 e. The molecule has 0 aliphatic carbocycles. The minimum absolute atomic E-state index is 0.0869. The number of hydrogen-bond acceptors (Lipinski definition) is 3. The Bertz CT molecular complexity index is 1060. The second-order valence-electron chi connectivity index (χ2n) is 5.91. The molecule has 0 fully saturated rings. The summed E-state index contributed by atoms with van der Waals surface area (Å²) >= 11 is 6.20. The number of methoxy groups -OCH3 is 1. The highest BCUT2D eigenvalue weighted by atomic mass is 35.5. The molecular weight excluding hydrogens is 352 g/mol. The first-order valence-corrected chi connectivity index (χ1v) is 8.61. The van der Waals surface area contributed by atoms with Gasteiger partial charge in [0.25, 0.3) is 5.91 Å². The maximum atomic E-state index is 12.9. The number of aryl methyl sites for hydroxylation is 2. The summed E-state index contributed by atoms with van der Waals surface area (Å²) in [6.07, 6.45) is 1.59. The summed E-state index contributed by atoms with van der Waals surface area (Å²) in [6, 6.07) is 10.3. The molecule has 1 N–H and O–H groups in total. The van der Waals surface area contributed by atoms with E-state index in [-0.39, 0.29) is 11.0 Å². The van der Waals surface area contributed by atoms with Crippen LogP contribution in [0.1, 0.15) is 22.8 Å². The third-order valence-corrected chi connectivity index (χ3v) is 4.75. The number of carbonyl (C=O) groups is 1.